The Morgan fingerprint density at radius 3 is 2.79 bits per heavy atom. The predicted octanol–water partition coefficient (Wildman–Crippen LogP) is 4.10. The summed E-state index contributed by atoms with van der Waals surface area (Å²) < 4.78 is 1.56. The van der Waals surface area contributed by atoms with E-state index in [0.717, 1.165) is 18.2 Å². The Labute approximate surface area is 175 Å². The number of anilines is 1. The summed E-state index contributed by atoms with van der Waals surface area (Å²) >= 11 is 7.14. The molecule has 1 N–H and O–H groups in total. The Morgan fingerprint density at radius 2 is 2.07 bits per heavy atom. The lowest BCUT2D eigenvalue weighted by Gasteiger charge is -2.12. The molecule has 1 aromatic heterocycles. The fraction of sp³-hybridized carbons (Fsp3) is 0.211. The monoisotopic (exact) mass is 432 g/mol. The van der Waals surface area contributed by atoms with E-state index in [0.29, 0.717) is 22.6 Å². The van der Waals surface area contributed by atoms with E-state index < -0.39 is 10.8 Å². The molecule has 0 radical (unpaired) electrons. The first-order valence-electron chi connectivity index (χ1n) is 8.77. The molecule has 3 aromatic rings. The fourth-order valence-electron chi connectivity index (χ4n) is 2.72. The second kappa shape index (κ2) is 9.06. The van der Waals surface area contributed by atoms with Crippen LogP contribution in [0.2, 0.25) is 5.02 Å². The number of nitro groups is 1. The van der Waals surface area contributed by atoms with E-state index in [2.05, 4.69) is 10.3 Å². The molecule has 10 heteroatoms. The molecule has 8 nitrogen and oxygen atoms in total. The van der Waals surface area contributed by atoms with Crippen LogP contribution in [0.15, 0.2) is 52.4 Å². The topological polar surface area (TPSA) is 107 Å². The maximum absolute atomic E-state index is 12.7. The maximum Gasteiger partial charge on any atom is 0.271 e. The van der Waals surface area contributed by atoms with Crippen LogP contribution in [0.25, 0.3) is 10.9 Å². The highest BCUT2D eigenvalue weighted by Gasteiger charge is 2.15. The number of fused-ring (bicyclic) bond motifs is 1. The molecule has 2 aromatic carbocycles. The van der Waals surface area contributed by atoms with Crippen molar-refractivity contribution in [1.82, 2.24) is 9.55 Å². The molecule has 0 atom stereocenters. The Hall–Kier alpha value is -2.91. The van der Waals surface area contributed by atoms with Gasteiger partial charge in [-0.25, -0.2) is 4.98 Å². The van der Waals surface area contributed by atoms with Crippen molar-refractivity contribution in [3.8, 4) is 0 Å². The third-order valence-electron chi connectivity index (χ3n) is 4.04. The third-order valence-corrected chi connectivity index (χ3v) is 5.35. The van der Waals surface area contributed by atoms with Gasteiger partial charge in [0.25, 0.3) is 11.2 Å². The first kappa shape index (κ1) is 20.8. The van der Waals surface area contributed by atoms with Gasteiger partial charge in [-0.3, -0.25) is 24.3 Å². The van der Waals surface area contributed by atoms with Crippen LogP contribution >= 0.6 is 23.4 Å². The quantitative estimate of drug-likeness (QED) is 0.260. The lowest BCUT2D eigenvalue weighted by atomic mass is 10.2. The number of para-hydroxylation sites is 1. The van der Waals surface area contributed by atoms with Gasteiger partial charge in [-0.05, 0) is 24.6 Å². The van der Waals surface area contributed by atoms with Crippen molar-refractivity contribution < 1.29 is 9.72 Å². The Morgan fingerprint density at radius 1 is 1.31 bits per heavy atom. The normalized spacial score (nSPS) is 10.8. The Balaban J connectivity index is 1.81. The number of nitrogens with one attached hydrogen (secondary N) is 1. The summed E-state index contributed by atoms with van der Waals surface area (Å²) in [5.41, 5.74) is 0.394. The van der Waals surface area contributed by atoms with Crippen LogP contribution in [0.3, 0.4) is 0 Å². The molecule has 0 aliphatic rings. The van der Waals surface area contributed by atoms with Crippen LogP contribution in [0, 0.1) is 10.1 Å². The van der Waals surface area contributed by atoms with E-state index >= 15 is 0 Å². The number of halogens is 1. The van der Waals surface area contributed by atoms with Crippen molar-refractivity contribution in [3.05, 3.63) is 68.0 Å². The number of rotatable bonds is 7. The number of nitrogens with zero attached hydrogens (tertiary/aromatic N) is 3. The van der Waals surface area contributed by atoms with Crippen molar-refractivity contribution in [2.24, 2.45) is 0 Å². The minimum absolute atomic E-state index is 0.0342. The summed E-state index contributed by atoms with van der Waals surface area (Å²) in [6.45, 7) is 2.43. The summed E-state index contributed by atoms with van der Waals surface area (Å²) in [4.78, 5) is 40.0. The molecule has 0 aliphatic carbocycles. The van der Waals surface area contributed by atoms with Crippen molar-refractivity contribution in [1.29, 1.82) is 0 Å². The van der Waals surface area contributed by atoms with Crippen LogP contribution in [0.4, 0.5) is 11.4 Å². The highest BCUT2D eigenvalue weighted by atomic mass is 35.5. The zero-order valence-corrected chi connectivity index (χ0v) is 17.0. The Kier molecular flexibility index (Phi) is 6.50. The van der Waals surface area contributed by atoms with E-state index in [1.54, 1.807) is 28.8 Å². The lowest BCUT2D eigenvalue weighted by molar-refractivity contribution is -0.384. The van der Waals surface area contributed by atoms with Crippen molar-refractivity contribution in [2.45, 2.75) is 25.0 Å². The van der Waals surface area contributed by atoms with Gasteiger partial charge in [0.2, 0.25) is 5.91 Å². The van der Waals surface area contributed by atoms with E-state index in [1.165, 1.54) is 18.2 Å². The van der Waals surface area contributed by atoms with Crippen molar-refractivity contribution in [2.75, 3.05) is 11.1 Å². The molecule has 0 saturated heterocycles. The molecule has 0 aliphatic heterocycles. The number of carbonyl (C=O) groups excluding carboxylic acids is 1. The lowest BCUT2D eigenvalue weighted by Crippen LogP contribution is -2.24. The van der Waals surface area contributed by atoms with Gasteiger partial charge in [-0.2, -0.15) is 0 Å². The molecule has 0 bridgehead atoms. The number of nitro benzene ring substituents is 1. The van der Waals surface area contributed by atoms with Crippen LogP contribution in [0.5, 0.6) is 0 Å². The highest BCUT2D eigenvalue weighted by Crippen LogP contribution is 2.27. The smallest absolute Gasteiger partial charge is 0.271 e. The van der Waals surface area contributed by atoms with Gasteiger partial charge < -0.3 is 5.32 Å². The minimum Gasteiger partial charge on any atom is -0.324 e. The SMILES string of the molecule is CCCn1c(SCC(=O)Nc2cc([N+](=O)[O-])ccc2Cl)nc2ccccc2c1=O. The first-order valence-corrected chi connectivity index (χ1v) is 10.1. The minimum atomic E-state index is -0.566. The molecule has 1 amide bonds. The van der Waals surface area contributed by atoms with Gasteiger partial charge in [-0.15, -0.1) is 0 Å². The number of amides is 1. The zero-order chi connectivity index (χ0) is 21.0. The summed E-state index contributed by atoms with van der Waals surface area (Å²) in [7, 11) is 0. The standard InChI is InChI=1S/C19H17ClN4O4S/c1-2-9-23-18(26)13-5-3-4-6-15(13)22-19(23)29-11-17(25)21-16-10-12(24(27)28)7-8-14(16)20/h3-8,10H,2,9,11H2,1H3,(H,21,25). The number of thioether (sulfide) groups is 1. The van der Waals surface area contributed by atoms with Gasteiger partial charge in [0, 0.05) is 18.7 Å². The number of hydrogen-bond donors (Lipinski definition) is 1. The van der Waals surface area contributed by atoms with Gasteiger partial charge in [0.1, 0.15) is 0 Å². The van der Waals surface area contributed by atoms with E-state index in [1.807, 2.05) is 6.92 Å². The number of hydrogen-bond acceptors (Lipinski definition) is 6. The largest absolute Gasteiger partial charge is 0.324 e. The number of benzene rings is 2. The molecule has 1 heterocycles. The number of aromatic nitrogens is 2. The fourth-order valence-corrected chi connectivity index (χ4v) is 3.71. The van der Waals surface area contributed by atoms with E-state index in [4.69, 9.17) is 11.6 Å². The molecular weight excluding hydrogens is 416 g/mol. The molecule has 0 fully saturated rings. The maximum atomic E-state index is 12.7. The second-order valence-corrected chi connectivity index (χ2v) is 7.48. The van der Waals surface area contributed by atoms with Gasteiger partial charge in [-0.1, -0.05) is 42.4 Å². The van der Waals surface area contributed by atoms with E-state index in [-0.39, 0.29) is 27.7 Å². The zero-order valence-electron chi connectivity index (χ0n) is 15.4. The summed E-state index contributed by atoms with van der Waals surface area (Å²) in [5, 5.41) is 14.6. The molecule has 150 valence electrons. The molecule has 0 unspecified atom stereocenters. The van der Waals surface area contributed by atoms with Crippen LogP contribution in [0.1, 0.15) is 13.3 Å². The Bertz CT molecular complexity index is 1150. The van der Waals surface area contributed by atoms with Gasteiger partial charge in [0.05, 0.1) is 32.3 Å². The van der Waals surface area contributed by atoms with Crippen molar-refractivity contribution in [3.63, 3.8) is 0 Å². The van der Waals surface area contributed by atoms with Gasteiger partial charge in [0.15, 0.2) is 5.16 Å². The number of non-ortho nitro benzene ring substituents is 1. The summed E-state index contributed by atoms with van der Waals surface area (Å²) in [5.74, 6) is -0.448. The predicted molar refractivity (Wildman–Crippen MR) is 114 cm³/mol. The molecule has 0 spiro atoms. The number of carbonyl (C=O) groups is 1. The third kappa shape index (κ3) is 4.75. The summed E-state index contributed by atoms with van der Waals surface area (Å²) in [6, 6.07) is 10.9. The van der Waals surface area contributed by atoms with Crippen LogP contribution in [-0.2, 0) is 11.3 Å². The molecular formula is C19H17ClN4O4S. The highest BCUT2D eigenvalue weighted by molar-refractivity contribution is 7.99. The average Bonchev–Trinajstić information content (AvgIpc) is 2.70. The second-order valence-electron chi connectivity index (χ2n) is 6.13. The molecule has 29 heavy (non-hydrogen) atoms. The van der Waals surface area contributed by atoms with E-state index in [9.17, 15) is 19.7 Å². The summed E-state index contributed by atoms with van der Waals surface area (Å²) in [6.07, 6.45) is 0.739. The molecule has 3 rings (SSSR count). The van der Waals surface area contributed by atoms with Crippen molar-refractivity contribution >= 4 is 51.5 Å². The molecule has 0 saturated carbocycles. The van der Waals surface area contributed by atoms with Crippen LogP contribution < -0.4 is 10.9 Å². The first-order chi connectivity index (χ1) is 13.9. The average molecular weight is 433 g/mol. The van der Waals surface area contributed by atoms with Gasteiger partial charge >= 0.3 is 0 Å². The van der Waals surface area contributed by atoms with Crippen LogP contribution in [-0.4, -0.2) is 26.1 Å².